The third-order valence-corrected chi connectivity index (χ3v) is 3.83. The fourth-order valence-corrected chi connectivity index (χ4v) is 2.57. The van der Waals surface area contributed by atoms with Gasteiger partial charge in [-0.1, -0.05) is 44.2 Å². The molecule has 0 fully saturated rings. The molecule has 134 valence electrons. The fourth-order valence-electron chi connectivity index (χ4n) is 2.57. The number of benzene rings is 2. The SMILES string of the molecule is CC(C)C(NC(=O)Cc1cccc(C(F)(F)F)c1)c1ccc(F)cc1. The molecule has 2 rings (SSSR count). The maximum atomic E-state index is 13.1. The van der Waals surface area contributed by atoms with Crippen molar-refractivity contribution in [1.29, 1.82) is 0 Å². The molecule has 2 nitrogen and oxygen atoms in total. The van der Waals surface area contributed by atoms with Gasteiger partial charge in [-0.15, -0.1) is 0 Å². The molecule has 1 N–H and O–H groups in total. The van der Waals surface area contributed by atoms with Gasteiger partial charge in [-0.3, -0.25) is 4.79 Å². The predicted octanol–water partition coefficient (Wildman–Crippen LogP) is 4.90. The van der Waals surface area contributed by atoms with Crippen LogP contribution in [0.3, 0.4) is 0 Å². The zero-order valence-electron chi connectivity index (χ0n) is 13.9. The van der Waals surface area contributed by atoms with Gasteiger partial charge in [-0.05, 0) is 35.2 Å². The summed E-state index contributed by atoms with van der Waals surface area (Å²) in [5.74, 6) is -0.722. The second-order valence-corrected chi connectivity index (χ2v) is 6.22. The van der Waals surface area contributed by atoms with Crippen LogP contribution in [-0.4, -0.2) is 5.91 Å². The lowest BCUT2D eigenvalue weighted by atomic mass is 9.95. The Balaban J connectivity index is 2.11. The highest BCUT2D eigenvalue weighted by Gasteiger charge is 2.30. The van der Waals surface area contributed by atoms with Gasteiger partial charge in [0.25, 0.3) is 0 Å². The molecule has 0 heterocycles. The Hall–Kier alpha value is -2.37. The Morgan fingerprint density at radius 2 is 1.72 bits per heavy atom. The molecule has 0 aliphatic heterocycles. The summed E-state index contributed by atoms with van der Waals surface area (Å²) in [7, 11) is 0. The Labute approximate surface area is 143 Å². The molecule has 0 spiro atoms. The first kappa shape index (κ1) is 19.0. The fraction of sp³-hybridized carbons (Fsp3) is 0.316. The van der Waals surface area contributed by atoms with E-state index in [1.165, 1.54) is 24.3 Å². The van der Waals surface area contributed by atoms with Gasteiger partial charge in [-0.2, -0.15) is 13.2 Å². The number of carbonyl (C=O) groups is 1. The lowest BCUT2D eigenvalue weighted by Crippen LogP contribution is -2.32. The van der Waals surface area contributed by atoms with Crippen LogP contribution in [0.2, 0.25) is 0 Å². The van der Waals surface area contributed by atoms with E-state index in [1.807, 2.05) is 13.8 Å². The topological polar surface area (TPSA) is 29.1 Å². The number of alkyl halides is 3. The van der Waals surface area contributed by atoms with E-state index in [1.54, 1.807) is 12.1 Å². The van der Waals surface area contributed by atoms with Crippen molar-refractivity contribution < 1.29 is 22.4 Å². The minimum atomic E-state index is -4.44. The highest BCUT2D eigenvalue weighted by molar-refractivity contribution is 5.79. The van der Waals surface area contributed by atoms with Gasteiger partial charge >= 0.3 is 6.18 Å². The van der Waals surface area contributed by atoms with Crippen molar-refractivity contribution in [2.24, 2.45) is 5.92 Å². The molecule has 0 aliphatic carbocycles. The summed E-state index contributed by atoms with van der Waals surface area (Å²) in [5.41, 5.74) is 0.250. The first-order chi connectivity index (χ1) is 11.7. The Morgan fingerprint density at radius 3 is 2.28 bits per heavy atom. The van der Waals surface area contributed by atoms with Crippen LogP contribution >= 0.6 is 0 Å². The van der Waals surface area contributed by atoms with Crippen molar-refractivity contribution in [3.63, 3.8) is 0 Å². The molecule has 2 aromatic rings. The molecule has 6 heteroatoms. The first-order valence-corrected chi connectivity index (χ1v) is 7.88. The van der Waals surface area contributed by atoms with Gasteiger partial charge in [0.2, 0.25) is 5.91 Å². The number of halogens is 4. The maximum Gasteiger partial charge on any atom is 0.416 e. The first-order valence-electron chi connectivity index (χ1n) is 7.88. The lowest BCUT2D eigenvalue weighted by molar-refractivity contribution is -0.137. The standard InChI is InChI=1S/C19H19F4NO/c1-12(2)18(14-6-8-16(20)9-7-14)24-17(25)11-13-4-3-5-15(10-13)19(21,22)23/h3-10,12,18H,11H2,1-2H3,(H,24,25). The van der Waals surface area contributed by atoms with E-state index in [-0.39, 0.29) is 35.7 Å². The van der Waals surface area contributed by atoms with Gasteiger partial charge in [0.05, 0.1) is 18.0 Å². The van der Waals surface area contributed by atoms with Crippen molar-refractivity contribution >= 4 is 5.91 Å². The number of carbonyl (C=O) groups excluding carboxylic acids is 1. The van der Waals surface area contributed by atoms with Crippen LogP contribution in [0.25, 0.3) is 0 Å². The summed E-state index contributed by atoms with van der Waals surface area (Å²) < 4.78 is 51.3. The normalized spacial score (nSPS) is 12.9. The summed E-state index contributed by atoms with van der Waals surface area (Å²) in [6, 6.07) is 10.2. The Kier molecular flexibility index (Phi) is 5.82. The molecule has 1 unspecified atom stereocenters. The summed E-state index contributed by atoms with van der Waals surface area (Å²) in [6.07, 6.45) is -4.60. The molecule has 0 saturated heterocycles. The van der Waals surface area contributed by atoms with Crippen LogP contribution in [-0.2, 0) is 17.4 Å². The van der Waals surface area contributed by atoms with Gasteiger partial charge in [-0.25, -0.2) is 4.39 Å². The van der Waals surface area contributed by atoms with Crippen LogP contribution in [0.4, 0.5) is 17.6 Å². The average molecular weight is 353 g/mol. The smallest absolute Gasteiger partial charge is 0.349 e. The van der Waals surface area contributed by atoms with Crippen molar-refractivity contribution in [2.75, 3.05) is 0 Å². The molecule has 0 radical (unpaired) electrons. The molecular weight excluding hydrogens is 334 g/mol. The van der Waals surface area contributed by atoms with E-state index in [9.17, 15) is 22.4 Å². The van der Waals surface area contributed by atoms with Crippen LogP contribution < -0.4 is 5.32 Å². The second-order valence-electron chi connectivity index (χ2n) is 6.22. The van der Waals surface area contributed by atoms with Crippen molar-refractivity contribution in [3.8, 4) is 0 Å². The van der Waals surface area contributed by atoms with E-state index in [4.69, 9.17) is 0 Å². The van der Waals surface area contributed by atoms with E-state index < -0.39 is 11.7 Å². The third-order valence-electron chi connectivity index (χ3n) is 3.83. The highest BCUT2D eigenvalue weighted by atomic mass is 19.4. The highest BCUT2D eigenvalue weighted by Crippen LogP contribution is 2.29. The predicted molar refractivity (Wildman–Crippen MR) is 87.3 cm³/mol. The van der Waals surface area contributed by atoms with Crippen LogP contribution in [0.5, 0.6) is 0 Å². The second kappa shape index (κ2) is 7.68. The van der Waals surface area contributed by atoms with Crippen molar-refractivity contribution in [2.45, 2.75) is 32.5 Å². The third kappa shape index (κ3) is 5.31. The quantitative estimate of drug-likeness (QED) is 0.761. The summed E-state index contributed by atoms with van der Waals surface area (Å²) >= 11 is 0. The molecule has 1 atom stereocenters. The number of amides is 1. The van der Waals surface area contributed by atoms with Gasteiger partial charge in [0, 0.05) is 0 Å². The summed E-state index contributed by atoms with van der Waals surface area (Å²) in [4.78, 5) is 12.3. The molecule has 0 bridgehead atoms. The molecule has 25 heavy (non-hydrogen) atoms. The average Bonchev–Trinajstić information content (AvgIpc) is 2.53. The Morgan fingerprint density at radius 1 is 1.08 bits per heavy atom. The van der Waals surface area contributed by atoms with E-state index >= 15 is 0 Å². The van der Waals surface area contributed by atoms with E-state index in [0.717, 1.165) is 17.7 Å². The minimum Gasteiger partial charge on any atom is -0.349 e. The lowest BCUT2D eigenvalue weighted by Gasteiger charge is -2.23. The van der Waals surface area contributed by atoms with Gasteiger partial charge in [0.15, 0.2) is 0 Å². The van der Waals surface area contributed by atoms with E-state index in [2.05, 4.69) is 5.32 Å². The molecule has 2 aromatic carbocycles. The largest absolute Gasteiger partial charge is 0.416 e. The summed E-state index contributed by atoms with van der Waals surface area (Å²) in [5, 5.41) is 2.82. The Bertz CT molecular complexity index is 723. The molecular formula is C19H19F4NO. The maximum absolute atomic E-state index is 13.1. The van der Waals surface area contributed by atoms with Crippen molar-refractivity contribution in [3.05, 3.63) is 71.0 Å². The van der Waals surface area contributed by atoms with Crippen LogP contribution in [0, 0.1) is 11.7 Å². The monoisotopic (exact) mass is 353 g/mol. The molecule has 0 aliphatic rings. The zero-order valence-corrected chi connectivity index (χ0v) is 13.9. The van der Waals surface area contributed by atoms with Gasteiger partial charge < -0.3 is 5.32 Å². The zero-order chi connectivity index (χ0) is 18.6. The van der Waals surface area contributed by atoms with Crippen LogP contribution in [0.1, 0.15) is 36.6 Å². The molecule has 1 amide bonds. The molecule has 0 aromatic heterocycles. The van der Waals surface area contributed by atoms with Crippen molar-refractivity contribution in [1.82, 2.24) is 5.32 Å². The number of nitrogens with one attached hydrogen (secondary N) is 1. The van der Waals surface area contributed by atoms with E-state index in [0.29, 0.717) is 0 Å². The minimum absolute atomic E-state index is 0.0379. The number of hydrogen-bond acceptors (Lipinski definition) is 1. The number of hydrogen-bond donors (Lipinski definition) is 1. The van der Waals surface area contributed by atoms with Crippen LogP contribution in [0.15, 0.2) is 48.5 Å². The summed E-state index contributed by atoms with van der Waals surface area (Å²) in [6.45, 7) is 3.80. The van der Waals surface area contributed by atoms with Gasteiger partial charge in [0.1, 0.15) is 5.82 Å². The molecule has 0 saturated carbocycles. The number of rotatable bonds is 5.